The first kappa shape index (κ1) is 15.1. The number of rotatable bonds is 6. The van der Waals surface area contributed by atoms with Crippen LogP contribution in [0.25, 0.3) is 0 Å². The molecule has 2 rings (SSSR count). The van der Waals surface area contributed by atoms with Crippen LogP contribution in [0.2, 0.25) is 0 Å². The molecule has 0 heterocycles. The molecule has 1 amide bonds. The Balaban J connectivity index is 2.11. The van der Waals surface area contributed by atoms with Crippen molar-refractivity contribution in [3.05, 3.63) is 65.7 Å². The Morgan fingerprint density at radius 3 is 2.52 bits per heavy atom. The fourth-order valence-corrected chi connectivity index (χ4v) is 2.24. The minimum Gasteiger partial charge on any atom is -0.494 e. The van der Waals surface area contributed by atoms with Crippen molar-refractivity contribution < 1.29 is 9.53 Å². The van der Waals surface area contributed by atoms with Crippen LogP contribution in [0, 0.1) is 0 Å². The van der Waals surface area contributed by atoms with Gasteiger partial charge in [0.2, 0.25) is 0 Å². The minimum absolute atomic E-state index is 0.0226. The molecule has 0 aromatic heterocycles. The molecule has 1 atom stereocenters. The molecule has 0 fully saturated rings. The number of ether oxygens (including phenoxy) is 1. The number of carbonyl (C=O) groups excluding carboxylic acids is 1. The van der Waals surface area contributed by atoms with Gasteiger partial charge < -0.3 is 10.1 Å². The van der Waals surface area contributed by atoms with Gasteiger partial charge in [-0.2, -0.15) is 0 Å². The first-order valence-electron chi connectivity index (χ1n) is 7.33. The number of amides is 1. The Bertz CT molecular complexity index is 581. The lowest BCUT2D eigenvalue weighted by molar-refractivity contribution is 0.0935. The van der Waals surface area contributed by atoms with Crippen LogP contribution in [0.1, 0.15) is 42.2 Å². The van der Waals surface area contributed by atoms with Crippen LogP contribution in [0.3, 0.4) is 0 Å². The van der Waals surface area contributed by atoms with Gasteiger partial charge >= 0.3 is 0 Å². The maximum absolute atomic E-state index is 12.4. The van der Waals surface area contributed by atoms with Crippen LogP contribution >= 0.6 is 0 Å². The first-order valence-corrected chi connectivity index (χ1v) is 7.33. The number of nitrogens with one attached hydrogen (secondary N) is 1. The van der Waals surface area contributed by atoms with Crippen molar-refractivity contribution in [3.8, 4) is 5.75 Å². The maximum Gasteiger partial charge on any atom is 0.251 e. The van der Waals surface area contributed by atoms with Crippen LogP contribution in [-0.2, 0) is 0 Å². The van der Waals surface area contributed by atoms with Gasteiger partial charge in [-0.1, -0.05) is 43.3 Å². The summed E-state index contributed by atoms with van der Waals surface area (Å²) in [6.07, 6.45) is 0.848. The summed E-state index contributed by atoms with van der Waals surface area (Å²) >= 11 is 0. The summed E-state index contributed by atoms with van der Waals surface area (Å²) in [6.45, 7) is 4.58. The molecule has 2 aromatic rings. The largest absolute Gasteiger partial charge is 0.494 e. The van der Waals surface area contributed by atoms with E-state index < -0.39 is 0 Å². The van der Waals surface area contributed by atoms with Gasteiger partial charge in [-0.15, -0.1) is 0 Å². The fraction of sp³-hybridized carbons (Fsp3) is 0.278. The van der Waals surface area contributed by atoms with E-state index in [4.69, 9.17) is 4.74 Å². The monoisotopic (exact) mass is 283 g/mol. The van der Waals surface area contributed by atoms with E-state index in [1.165, 1.54) is 0 Å². The van der Waals surface area contributed by atoms with Crippen molar-refractivity contribution in [2.24, 2.45) is 0 Å². The quantitative estimate of drug-likeness (QED) is 0.871. The second-order valence-electron chi connectivity index (χ2n) is 4.81. The van der Waals surface area contributed by atoms with E-state index in [9.17, 15) is 4.79 Å². The maximum atomic E-state index is 12.4. The van der Waals surface area contributed by atoms with Gasteiger partial charge in [0, 0.05) is 5.56 Å². The molecule has 1 unspecified atom stereocenters. The normalized spacial score (nSPS) is 11.7. The van der Waals surface area contributed by atoms with E-state index >= 15 is 0 Å². The lowest BCUT2D eigenvalue weighted by Gasteiger charge is -2.17. The lowest BCUT2D eigenvalue weighted by Crippen LogP contribution is -2.28. The van der Waals surface area contributed by atoms with E-state index in [1.807, 2.05) is 49.4 Å². The van der Waals surface area contributed by atoms with E-state index in [0.717, 1.165) is 17.7 Å². The van der Waals surface area contributed by atoms with Crippen LogP contribution in [-0.4, -0.2) is 12.5 Å². The third-order valence-corrected chi connectivity index (χ3v) is 3.32. The molecule has 0 radical (unpaired) electrons. The van der Waals surface area contributed by atoms with Gasteiger partial charge in [0.05, 0.1) is 12.6 Å². The second kappa shape index (κ2) is 7.48. The Kier molecular flexibility index (Phi) is 5.38. The van der Waals surface area contributed by atoms with E-state index in [-0.39, 0.29) is 11.9 Å². The molecule has 0 saturated heterocycles. The summed E-state index contributed by atoms with van der Waals surface area (Å²) in [7, 11) is 0. The smallest absolute Gasteiger partial charge is 0.251 e. The van der Waals surface area contributed by atoms with Crippen molar-refractivity contribution in [3.63, 3.8) is 0 Å². The molecule has 21 heavy (non-hydrogen) atoms. The molecular formula is C18H21NO2. The molecular weight excluding hydrogens is 262 g/mol. The van der Waals surface area contributed by atoms with Crippen molar-refractivity contribution in [1.29, 1.82) is 0 Å². The summed E-state index contributed by atoms with van der Waals surface area (Å²) in [4.78, 5) is 12.4. The van der Waals surface area contributed by atoms with Crippen LogP contribution < -0.4 is 10.1 Å². The molecule has 0 aliphatic rings. The van der Waals surface area contributed by atoms with Gasteiger partial charge in [0.25, 0.3) is 5.91 Å². The van der Waals surface area contributed by atoms with Crippen LogP contribution in [0.15, 0.2) is 54.6 Å². The zero-order valence-electron chi connectivity index (χ0n) is 12.5. The molecule has 0 spiro atoms. The zero-order valence-corrected chi connectivity index (χ0v) is 12.5. The summed E-state index contributed by atoms with van der Waals surface area (Å²) < 4.78 is 5.43. The average Bonchev–Trinajstić information content (AvgIpc) is 2.54. The highest BCUT2D eigenvalue weighted by atomic mass is 16.5. The summed E-state index contributed by atoms with van der Waals surface area (Å²) in [5.41, 5.74) is 1.74. The predicted octanol–water partition coefficient (Wildman–Crippen LogP) is 3.97. The summed E-state index contributed by atoms with van der Waals surface area (Å²) in [6, 6.07) is 17.3. The summed E-state index contributed by atoms with van der Waals surface area (Å²) in [5.74, 6) is 0.644. The van der Waals surface area contributed by atoms with Crippen molar-refractivity contribution in [2.75, 3.05) is 6.61 Å². The van der Waals surface area contributed by atoms with Gasteiger partial charge in [-0.25, -0.2) is 0 Å². The highest BCUT2D eigenvalue weighted by Crippen LogP contribution is 2.18. The van der Waals surface area contributed by atoms with Gasteiger partial charge in [-0.3, -0.25) is 4.79 Å². The Morgan fingerprint density at radius 1 is 1.10 bits per heavy atom. The second-order valence-corrected chi connectivity index (χ2v) is 4.81. The Morgan fingerprint density at radius 2 is 1.86 bits per heavy atom. The van der Waals surface area contributed by atoms with Crippen LogP contribution in [0.4, 0.5) is 0 Å². The zero-order chi connectivity index (χ0) is 15.1. The SMILES string of the molecule is CCOc1cccc(C(=O)NC(CC)c2ccccc2)c1. The van der Waals surface area contributed by atoms with E-state index in [2.05, 4.69) is 12.2 Å². The van der Waals surface area contributed by atoms with Crippen LogP contribution in [0.5, 0.6) is 5.75 Å². The molecule has 0 aliphatic heterocycles. The number of benzene rings is 2. The molecule has 0 aliphatic carbocycles. The van der Waals surface area contributed by atoms with Gasteiger partial charge in [-0.05, 0) is 37.1 Å². The Hall–Kier alpha value is -2.29. The standard InChI is InChI=1S/C18H21NO2/c1-3-17(14-9-6-5-7-10-14)19-18(20)15-11-8-12-16(13-15)21-4-2/h5-13,17H,3-4H2,1-2H3,(H,19,20). The topological polar surface area (TPSA) is 38.3 Å². The third-order valence-electron chi connectivity index (χ3n) is 3.32. The average molecular weight is 283 g/mol. The van der Waals surface area contributed by atoms with Crippen molar-refractivity contribution >= 4 is 5.91 Å². The van der Waals surface area contributed by atoms with Gasteiger partial charge in [0.1, 0.15) is 5.75 Å². The molecule has 0 bridgehead atoms. The third kappa shape index (κ3) is 4.09. The molecule has 0 saturated carbocycles. The van der Waals surface area contributed by atoms with E-state index in [0.29, 0.717) is 12.2 Å². The highest BCUT2D eigenvalue weighted by Gasteiger charge is 2.14. The predicted molar refractivity (Wildman–Crippen MR) is 84.6 cm³/mol. The first-order chi connectivity index (χ1) is 10.2. The molecule has 110 valence electrons. The minimum atomic E-state index is -0.0766. The lowest BCUT2D eigenvalue weighted by atomic mass is 10.0. The van der Waals surface area contributed by atoms with Crippen molar-refractivity contribution in [2.45, 2.75) is 26.3 Å². The highest BCUT2D eigenvalue weighted by molar-refractivity contribution is 5.94. The molecule has 1 N–H and O–H groups in total. The fourth-order valence-electron chi connectivity index (χ4n) is 2.24. The van der Waals surface area contributed by atoms with E-state index in [1.54, 1.807) is 12.1 Å². The number of hydrogen-bond donors (Lipinski definition) is 1. The molecule has 2 aromatic carbocycles. The van der Waals surface area contributed by atoms with Crippen molar-refractivity contribution in [1.82, 2.24) is 5.32 Å². The van der Waals surface area contributed by atoms with Gasteiger partial charge in [0.15, 0.2) is 0 Å². The molecule has 3 heteroatoms. The Labute approximate surface area is 126 Å². The number of hydrogen-bond acceptors (Lipinski definition) is 2. The summed E-state index contributed by atoms with van der Waals surface area (Å²) in [5, 5.41) is 3.07. The number of carbonyl (C=O) groups is 1. The molecule has 3 nitrogen and oxygen atoms in total.